The van der Waals surface area contributed by atoms with Crippen LogP contribution in [0, 0.1) is 34.6 Å². The number of aromatic nitrogens is 1. The molecule has 3 aromatic rings. The van der Waals surface area contributed by atoms with Crippen LogP contribution in [0.25, 0.3) is 11.3 Å². The molecule has 0 aliphatic carbocycles. The predicted octanol–water partition coefficient (Wildman–Crippen LogP) is 5.37. The zero-order valence-corrected chi connectivity index (χ0v) is 17.2. The number of aryl methyl sites for hydroxylation is 5. The Balaban J connectivity index is 1.64. The third kappa shape index (κ3) is 4.55. The molecule has 0 aliphatic heterocycles. The molecule has 0 saturated carbocycles. The molecule has 0 bridgehead atoms. The first-order chi connectivity index (χ1) is 12.8. The van der Waals surface area contributed by atoms with Crippen LogP contribution in [-0.4, -0.2) is 17.5 Å². The number of hydrogen-bond donors (Lipinski definition) is 1. The van der Waals surface area contributed by atoms with Gasteiger partial charge in [0.1, 0.15) is 5.75 Å². The van der Waals surface area contributed by atoms with Crippen LogP contribution in [0.3, 0.4) is 0 Å². The highest BCUT2D eigenvalue weighted by Crippen LogP contribution is 2.29. The van der Waals surface area contributed by atoms with Gasteiger partial charge in [-0.2, -0.15) is 0 Å². The van der Waals surface area contributed by atoms with Gasteiger partial charge in [0.2, 0.25) is 0 Å². The molecule has 0 saturated heterocycles. The quantitative estimate of drug-likeness (QED) is 0.647. The van der Waals surface area contributed by atoms with Crippen LogP contribution in [0.4, 0.5) is 5.13 Å². The summed E-state index contributed by atoms with van der Waals surface area (Å²) in [7, 11) is 0. The molecule has 1 N–H and O–H groups in total. The van der Waals surface area contributed by atoms with Gasteiger partial charge in [0.05, 0.1) is 5.69 Å². The van der Waals surface area contributed by atoms with Crippen molar-refractivity contribution in [2.45, 2.75) is 34.6 Å². The van der Waals surface area contributed by atoms with E-state index < -0.39 is 0 Å². The maximum Gasteiger partial charge on any atom is 0.264 e. The summed E-state index contributed by atoms with van der Waals surface area (Å²) in [5, 5.41) is 5.37. The number of hydrogen-bond acceptors (Lipinski definition) is 4. The highest BCUT2D eigenvalue weighted by Gasteiger charge is 2.11. The molecular weight excluding hydrogens is 356 g/mol. The summed E-state index contributed by atoms with van der Waals surface area (Å²) in [6.07, 6.45) is 0. The van der Waals surface area contributed by atoms with Crippen LogP contribution in [0.5, 0.6) is 5.75 Å². The average molecular weight is 381 g/mol. The first-order valence-corrected chi connectivity index (χ1v) is 9.75. The predicted molar refractivity (Wildman–Crippen MR) is 112 cm³/mol. The van der Waals surface area contributed by atoms with Gasteiger partial charge in [-0.15, -0.1) is 11.3 Å². The lowest BCUT2D eigenvalue weighted by molar-refractivity contribution is -0.118. The molecule has 4 nitrogen and oxygen atoms in total. The van der Waals surface area contributed by atoms with E-state index in [1.165, 1.54) is 33.6 Å². The Labute approximate surface area is 164 Å². The van der Waals surface area contributed by atoms with Crippen LogP contribution in [0.1, 0.15) is 27.8 Å². The van der Waals surface area contributed by atoms with E-state index >= 15 is 0 Å². The highest BCUT2D eigenvalue weighted by atomic mass is 32.1. The van der Waals surface area contributed by atoms with E-state index in [2.05, 4.69) is 43.2 Å². The Morgan fingerprint density at radius 3 is 2.41 bits per heavy atom. The van der Waals surface area contributed by atoms with Crippen molar-refractivity contribution in [3.8, 4) is 17.0 Å². The number of carbonyl (C=O) groups is 1. The molecule has 5 heteroatoms. The number of ether oxygens (including phenoxy) is 1. The molecule has 140 valence electrons. The number of nitrogens with one attached hydrogen (secondary N) is 1. The Kier molecular flexibility index (Phi) is 5.61. The van der Waals surface area contributed by atoms with E-state index in [9.17, 15) is 4.79 Å². The summed E-state index contributed by atoms with van der Waals surface area (Å²) < 4.78 is 5.58. The molecule has 0 fully saturated rings. The molecule has 1 heterocycles. The van der Waals surface area contributed by atoms with Gasteiger partial charge in [-0.25, -0.2) is 4.98 Å². The van der Waals surface area contributed by atoms with E-state index in [0.717, 1.165) is 16.8 Å². The molecule has 1 amide bonds. The third-order valence-corrected chi connectivity index (χ3v) is 5.47. The first kappa shape index (κ1) is 19.1. The summed E-state index contributed by atoms with van der Waals surface area (Å²) in [6.45, 7) is 10.3. The van der Waals surface area contributed by atoms with Crippen molar-refractivity contribution in [3.63, 3.8) is 0 Å². The minimum absolute atomic E-state index is 0.0416. The number of anilines is 1. The van der Waals surface area contributed by atoms with E-state index in [0.29, 0.717) is 10.9 Å². The largest absolute Gasteiger partial charge is 0.484 e. The average Bonchev–Trinajstić information content (AvgIpc) is 3.07. The molecular formula is C22H24N2O2S. The lowest BCUT2D eigenvalue weighted by atomic mass is 9.99. The van der Waals surface area contributed by atoms with E-state index in [4.69, 9.17) is 4.74 Å². The topological polar surface area (TPSA) is 51.2 Å². The van der Waals surface area contributed by atoms with Crippen LogP contribution < -0.4 is 10.1 Å². The summed E-state index contributed by atoms with van der Waals surface area (Å²) >= 11 is 1.42. The molecule has 0 spiro atoms. The molecule has 27 heavy (non-hydrogen) atoms. The lowest BCUT2D eigenvalue weighted by Gasteiger charge is -2.08. The first-order valence-electron chi connectivity index (χ1n) is 8.87. The van der Waals surface area contributed by atoms with Gasteiger partial charge in [0, 0.05) is 10.9 Å². The van der Waals surface area contributed by atoms with Crippen LogP contribution in [-0.2, 0) is 4.79 Å². The highest BCUT2D eigenvalue weighted by molar-refractivity contribution is 7.14. The molecule has 0 aliphatic rings. The van der Waals surface area contributed by atoms with Gasteiger partial charge in [-0.05, 0) is 80.6 Å². The van der Waals surface area contributed by atoms with Crippen molar-refractivity contribution in [2.75, 3.05) is 11.9 Å². The number of rotatable bonds is 5. The molecule has 0 radical (unpaired) electrons. The van der Waals surface area contributed by atoms with Gasteiger partial charge < -0.3 is 4.74 Å². The minimum Gasteiger partial charge on any atom is -0.484 e. The number of amides is 1. The van der Waals surface area contributed by atoms with Crippen molar-refractivity contribution >= 4 is 22.4 Å². The van der Waals surface area contributed by atoms with Crippen molar-refractivity contribution in [1.82, 2.24) is 4.98 Å². The van der Waals surface area contributed by atoms with Crippen LogP contribution >= 0.6 is 11.3 Å². The van der Waals surface area contributed by atoms with Gasteiger partial charge >= 0.3 is 0 Å². The fourth-order valence-corrected chi connectivity index (χ4v) is 3.53. The second-order valence-corrected chi connectivity index (χ2v) is 7.73. The number of nitrogens with zero attached hydrogens (tertiary/aromatic N) is 1. The van der Waals surface area contributed by atoms with E-state index in [-0.39, 0.29) is 12.5 Å². The Morgan fingerprint density at radius 1 is 0.963 bits per heavy atom. The van der Waals surface area contributed by atoms with Crippen molar-refractivity contribution in [1.29, 1.82) is 0 Å². The van der Waals surface area contributed by atoms with Gasteiger partial charge in [0.15, 0.2) is 11.7 Å². The Bertz CT molecular complexity index is 992. The Hall–Kier alpha value is -2.66. The van der Waals surface area contributed by atoms with Crippen molar-refractivity contribution < 1.29 is 9.53 Å². The SMILES string of the molecule is Cc1ccc(OCC(=O)Nc2nc(-c3cc(C)c(C)cc3C)cs2)cc1C. The lowest BCUT2D eigenvalue weighted by Crippen LogP contribution is -2.20. The Morgan fingerprint density at radius 2 is 1.67 bits per heavy atom. The minimum atomic E-state index is -0.217. The smallest absolute Gasteiger partial charge is 0.264 e. The zero-order chi connectivity index (χ0) is 19.6. The molecule has 3 rings (SSSR count). The van der Waals surface area contributed by atoms with E-state index in [1.54, 1.807) is 0 Å². The summed E-state index contributed by atoms with van der Waals surface area (Å²) in [5.74, 6) is 0.477. The summed E-state index contributed by atoms with van der Waals surface area (Å²) in [5.41, 5.74) is 8.00. The molecule has 1 aromatic heterocycles. The standard InChI is InChI=1S/C22H24N2O2S/c1-13-6-7-18(9-15(13)3)26-11-21(25)24-22-23-20(12-27-22)19-10-16(4)14(2)8-17(19)5/h6-10,12H,11H2,1-5H3,(H,23,24,25). The second-order valence-electron chi connectivity index (χ2n) is 6.87. The maximum atomic E-state index is 12.2. The zero-order valence-electron chi connectivity index (χ0n) is 16.3. The summed E-state index contributed by atoms with van der Waals surface area (Å²) in [6, 6.07) is 10.1. The van der Waals surface area contributed by atoms with Gasteiger partial charge in [0.25, 0.3) is 5.91 Å². The fraction of sp³-hybridized carbons (Fsp3) is 0.273. The van der Waals surface area contributed by atoms with Crippen LogP contribution in [0.2, 0.25) is 0 Å². The molecule has 0 atom stereocenters. The van der Waals surface area contributed by atoms with Gasteiger partial charge in [-0.1, -0.05) is 12.1 Å². The van der Waals surface area contributed by atoms with Crippen LogP contribution in [0.15, 0.2) is 35.7 Å². The van der Waals surface area contributed by atoms with E-state index in [1.807, 2.05) is 37.4 Å². The molecule has 2 aromatic carbocycles. The van der Waals surface area contributed by atoms with Crippen molar-refractivity contribution in [3.05, 3.63) is 63.5 Å². The monoisotopic (exact) mass is 380 g/mol. The van der Waals surface area contributed by atoms with Crippen molar-refractivity contribution in [2.24, 2.45) is 0 Å². The number of benzene rings is 2. The fourth-order valence-electron chi connectivity index (χ4n) is 2.80. The normalized spacial score (nSPS) is 10.7. The third-order valence-electron chi connectivity index (χ3n) is 4.72. The molecule has 0 unspecified atom stereocenters. The second kappa shape index (κ2) is 7.92. The number of thiazole rings is 1. The maximum absolute atomic E-state index is 12.2. The van der Waals surface area contributed by atoms with Gasteiger partial charge in [-0.3, -0.25) is 10.1 Å². The summed E-state index contributed by atoms with van der Waals surface area (Å²) in [4.78, 5) is 16.7. The number of carbonyl (C=O) groups excluding carboxylic acids is 1.